The number of carbonyl (C=O) groups excluding carboxylic acids is 1. The first-order valence-corrected chi connectivity index (χ1v) is 13.2. The highest BCUT2D eigenvalue weighted by molar-refractivity contribution is 8.19. The Morgan fingerprint density at radius 1 is 1.17 bits per heavy atom. The van der Waals surface area contributed by atoms with Crippen LogP contribution in [-0.2, 0) is 4.79 Å². The van der Waals surface area contributed by atoms with E-state index in [4.69, 9.17) is 9.47 Å². The number of hydrogen-bond acceptors (Lipinski definition) is 8. The Labute approximate surface area is 187 Å². The summed E-state index contributed by atoms with van der Waals surface area (Å²) in [4.78, 5) is 16.9. The smallest absolute Gasteiger partial charge is 0.311 e. The van der Waals surface area contributed by atoms with Crippen LogP contribution in [0.2, 0.25) is 0 Å². The first-order valence-electron chi connectivity index (χ1n) is 9.33. The Morgan fingerprint density at radius 2 is 2.00 bits per heavy atom. The van der Waals surface area contributed by atoms with Crippen LogP contribution in [0.3, 0.4) is 0 Å². The van der Waals surface area contributed by atoms with Gasteiger partial charge in [-0.2, -0.15) is 0 Å². The Hall–Kier alpha value is -1.35. The van der Waals surface area contributed by atoms with E-state index in [-0.39, 0.29) is 5.97 Å². The number of rotatable bonds is 8. The molecule has 1 fully saturated rings. The number of hydrogen-bond donors (Lipinski definition) is 0. The lowest BCUT2D eigenvalue weighted by atomic mass is 10.2. The van der Waals surface area contributed by atoms with Gasteiger partial charge in [-0.05, 0) is 36.2 Å². The molecule has 1 aliphatic heterocycles. The van der Waals surface area contributed by atoms with E-state index in [0.717, 1.165) is 22.0 Å². The number of thiazole rings is 1. The largest absolute Gasteiger partial charge is 0.493 e. The van der Waals surface area contributed by atoms with Crippen LogP contribution in [0.4, 0.5) is 0 Å². The lowest BCUT2D eigenvalue weighted by Gasteiger charge is -2.13. The molecule has 0 saturated carbocycles. The Kier molecular flexibility index (Phi) is 7.29. The maximum absolute atomic E-state index is 12.3. The zero-order valence-electron chi connectivity index (χ0n) is 16.0. The van der Waals surface area contributed by atoms with E-state index in [1.165, 1.54) is 21.8 Å². The second-order valence-corrected chi connectivity index (χ2v) is 11.5. The molecule has 0 N–H and O–H groups in total. The third-order valence-corrected chi connectivity index (χ3v) is 9.70. The highest BCUT2D eigenvalue weighted by Crippen LogP contribution is 2.47. The van der Waals surface area contributed by atoms with Gasteiger partial charge in [0, 0.05) is 23.7 Å². The molecule has 8 heteroatoms. The van der Waals surface area contributed by atoms with E-state index in [0.29, 0.717) is 22.5 Å². The van der Waals surface area contributed by atoms with Crippen molar-refractivity contribution in [2.24, 2.45) is 0 Å². The van der Waals surface area contributed by atoms with Crippen LogP contribution in [0.15, 0.2) is 46.8 Å². The number of carbonyl (C=O) groups is 1. The van der Waals surface area contributed by atoms with Gasteiger partial charge in [0.2, 0.25) is 0 Å². The van der Waals surface area contributed by atoms with Gasteiger partial charge in [-0.1, -0.05) is 30.0 Å². The monoisotopic (exact) mass is 463 g/mol. The van der Waals surface area contributed by atoms with Crippen LogP contribution in [0.1, 0.15) is 23.0 Å². The molecule has 0 atom stereocenters. The number of ether oxygens (including phenoxy) is 2. The molecule has 2 aromatic carbocycles. The number of esters is 1. The van der Waals surface area contributed by atoms with Crippen molar-refractivity contribution in [1.82, 2.24) is 4.98 Å². The predicted molar refractivity (Wildman–Crippen MR) is 126 cm³/mol. The number of methoxy groups -OCH3 is 1. The average molecular weight is 464 g/mol. The summed E-state index contributed by atoms with van der Waals surface area (Å²) in [7, 11) is 1.61. The van der Waals surface area contributed by atoms with Crippen molar-refractivity contribution in [1.29, 1.82) is 0 Å². The fourth-order valence-corrected chi connectivity index (χ4v) is 7.84. The maximum Gasteiger partial charge on any atom is 0.311 e. The predicted octanol–water partition coefficient (Wildman–Crippen LogP) is 6.26. The average Bonchev–Trinajstić information content (AvgIpc) is 3.41. The summed E-state index contributed by atoms with van der Waals surface area (Å²) in [6, 6.07) is 14.0. The van der Waals surface area contributed by atoms with Crippen molar-refractivity contribution in [2.75, 3.05) is 24.4 Å². The van der Waals surface area contributed by atoms with Gasteiger partial charge in [0.25, 0.3) is 0 Å². The van der Waals surface area contributed by atoms with Crippen LogP contribution in [-0.4, -0.2) is 35.3 Å². The van der Waals surface area contributed by atoms with Gasteiger partial charge in [-0.3, -0.25) is 4.79 Å². The van der Waals surface area contributed by atoms with Crippen molar-refractivity contribution in [3.8, 4) is 11.5 Å². The topological polar surface area (TPSA) is 48.4 Å². The second kappa shape index (κ2) is 10.1. The lowest BCUT2D eigenvalue weighted by Crippen LogP contribution is -2.09. The number of fused-ring (bicyclic) bond motifs is 1. The van der Waals surface area contributed by atoms with Crippen molar-refractivity contribution in [3.05, 3.63) is 48.0 Å². The van der Waals surface area contributed by atoms with E-state index < -0.39 is 0 Å². The van der Waals surface area contributed by atoms with E-state index in [1.54, 1.807) is 30.2 Å². The number of para-hydroxylation sites is 1. The van der Waals surface area contributed by atoms with Gasteiger partial charge >= 0.3 is 5.97 Å². The van der Waals surface area contributed by atoms with E-state index in [2.05, 4.69) is 11.1 Å². The van der Waals surface area contributed by atoms with Crippen LogP contribution in [0.5, 0.6) is 11.5 Å². The molecule has 29 heavy (non-hydrogen) atoms. The zero-order chi connectivity index (χ0) is 20.1. The fourth-order valence-electron chi connectivity index (χ4n) is 2.93. The summed E-state index contributed by atoms with van der Waals surface area (Å²) in [6.45, 7) is 0. The minimum absolute atomic E-state index is 0.231. The SMILES string of the molecule is COc1cc(C2SCCS2)ccc1OC(=O)CCCSc1nc2ccccc2s1. The van der Waals surface area contributed by atoms with Crippen molar-refractivity contribution in [2.45, 2.75) is 21.8 Å². The van der Waals surface area contributed by atoms with Gasteiger partial charge in [-0.15, -0.1) is 34.9 Å². The molecule has 152 valence electrons. The Balaban J connectivity index is 1.26. The van der Waals surface area contributed by atoms with Crippen LogP contribution < -0.4 is 9.47 Å². The summed E-state index contributed by atoms with van der Waals surface area (Å²) in [5.41, 5.74) is 2.24. The third-order valence-electron chi connectivity index (χ3n) is 4.33. The third kappa shape index (κ3) is 5.42. The van der Waals surface area contributed by atoms with Gasteiger partial charge in [0.15, 0.2) is 15.8 Å². The van der Waals surface area contributed by atoms with Crippen LogP contribution >= 0.6 is 46.6 Å². The normalized spacial score (nSPS) is 14.4. The summed E-state index contributed by atoms with van der Waals surface area (Å²) in [5.74, 6) is 4.06. The fraction of sp³-hybridized carbons (Fsp3) is 0.333. The quantitative estimate of drug-likeness (QED) is 0.169. The number of aromatic nitrogens is 1. The van der Waals surface area contributed by atoms with Crippen LogP contribution in [0.25, 0.3) is 10.2 Å². The summed E-state index contributed by atoms with van der Waals surface area (Å²) in [6.07, 6.45) is 1.12. The molecule has 1 aliphatic rings. The first kappa shape index (κ1) is 20.9. The molecule has 4 nitrogen and oxygen atoms in total. The highest BCUT2D eigenvalue weighted by Gasteiger charge is 2.20. The molecule has 1 saturated heterocycles. The Bertz CT molecular complexity index is 952. The Morgan fingerprint density at radius 3 is 2.79 bits per heavy atom. The number of benzene rings is 2. The molecule has 0 radical (unpaired) electrons. The van der Waals surface area contributed by atoms with Crippen LogP contribution in [0, 0.1) is 0 Å². The van der Waals surface area contributed by atoms with E-state index in [1.807, 2.05) is 59.9 Å². The van der Waals surface area contributed by atoms with Crippen molar-refractivity contribution < 1.29 is 14.3 Å². The highest BCUT2D eigenvalue weighted by atomic mass is 32.2. The summed E-state index contributed by atoms with van der Waals surface area (Å²) in [5, 5.41) is 0. The molecule has 0 aliphatic carbocycles. The van der Waals surface area contributed by atoms with Gasteiger partial charge in [0.1, 0.15) is 0 Å². The molecular weight excluding hydrogens is 443 g/mol. The standard InChI is InChI=1S/C21H21NO3S4/c1-24-17-13-14(20-26-11-12-27-20)8-9-16(17)25-19(23)7-4-10-28-21-22-15-5-2-3-6-18(15)29-21/h2-3,5-6,8-9,13,20H,4,7,10-12H2,1H3. The molecular formula is C21H21NO3S4. The van der Waals surface area contributed by atoms with Crippen molar-refractivity contribution in [3.63, 3.8) is 0 Å². The maximum atomic E-state index is 12.3. The molecule has 2 heterocycles. The van der Waals surface area contributed by atoms with Gasteiger partial charge in [-0.25, -0.2) is 4.98 Å². The molecule has 1 aromatic heterocycles. The lowest BCUT2D eigenvalue weighted by molar-refractivity contribution is -0.134. The minimum atomic E-state index is -0.231. The minimum Gasteiger partial charge on any atom is -0.493 e. The molecule has 0 spiro atoms. The number of thioether (sulfide) groups is 3. The molecule has 4 rings (SSSR count). The second-order valence-electron chi connectivity index (χ2n) is 6.36. The summed E-state index contributed by atoms with van der Waals surface area (Å²) >= 11 is 7.26. The summed E-state index contributed by atoms with van der Waals surface area (Å²) < 4.78 is 13.7. The molecule has 3 aromatic rings. The molecule has 0 bridgehead atoms. The number of nitrogens with zero attached hydrogens (tertiary/aromatic N) is 1. The zero-order valence-corrected chi connectivity index (χ0v) is 19.2. The molecule has 0 amide bonds. The van der Waals surface area contributed by atoms with Crippen molar-refractivity contribution >= 4 is 62.8 Å². The first-order chi connectivity index (χ1) is 14.2. The van der Waals surface area contributed by atoms with E-state index >= 15 is 0 Å². The molecule has 0 unspecified atom stereocenters. The van der Waals surface area contributed by atoms with Gasteiger partial charge < -0.3 is 9.47 Å². The van der Waals surface area contributed by atoms with Gasteiger partial charge in [0.05, 0.1) is 21.9 Å². The van der Waals surface area contributed by atoms with E-state index in [9.17, 15) is 4.79 Å².